The number of hydrogen-bond acceptors (Lipinski definition) is 20. The van der Waals surface area contributed by atoms with Crippen LogP contribution in [0.1, 0.15) is 60.1 Å². The standard InChI is InChI=1S/C113H107N5O20/c1-70(106(119)117-113(110(123)115-72(3)108(121)125-4)67-79-27-19-39-92-100(79)101-80(68-113)28-20-40-93(101)133-60-52-129-56-64-137-97-48-44-76-24-8-12-32-84(76)105(97)104-83-31-11-7-23-75(83)43-47-96(104)136-63-55-128-51-59-132-92)114-109(122)112(118-107(120)71(2)116-111(124)138-69-89-87-35-15-13-33-85(87)86-34-14-16-36-88(86)89)65-77-25-17-37-90-98(77)99-78(66-112)26-18-38-91(99)131-58-50-127-54-62-135-95-46-42-74-22-6-10-30-82(74)103(95)102-81-29-9-5-21-73(81)41-45-94(102)134-61-53-126-49-57-130-90/h5-48,70-72,89H,49-69H2,1-4H3,(H,114,122)(H,115,123)(H,116,124)(H,117,119)(H,118,120). The first kappa shape index (κ1) is 92.1. The molecule has 0 fully saturated rings. The van der Waals surface area contributed by atoms with E-state index in [4.69, 9.17) is 66.3 Å². The third-order valence-corrected chi connectivity index (χ3v) is 26.2. The van der Waals surface area contributed by atoms with Crippen molar-refractivity contribution >= 4 is 78.8 Å². The Morgan fingerprint density at radius 2 is 0.565 bits per heavy atom. The molecular weight excluding hydrogens is 1750 g/mol. The van der Waals surface area contributed by atoms with Gasteiger partial charge in [0.2, 0.25) is 23.6 Å². The van der Waals surface area contributed by atoms with Gasteiger partial charge in [0, 0.05) is 76.1 Å². The smallest absolute Gasteiger partial charge is 0.407 e. The molecule has 0 saturated carbocycles. The SMILES string of the molecule is COC(=O)C(C)NC(=O)C1(NC(=O)C(C)NC(=O)C2(NC(=O)C(C)NC(=O)OCC3c4ccccc4-c4ccccc43)Cc3cccc4c3-c3c(cccc3OCCOCCOc3ccc5ccccc5c3-c3c(ccc5ccccc35)OCCOCCO4)C2)Cc2cccc3c2-c2c(cccc2OCCOCCOc2ccc4ccccc4c2-c2c(ccc4ccccc24)OCCOCCO3)C1. The highest BCUT2D eigenvalue weighted by molar-refractivity contribution is 6.12. The fourth-order valence-electron chi connectivity index (χ4n) is 19.7. The summed E-state index contributed by atoms with van der Waals surface area (Å²) in [6.45, 7) is 6.67. The van der Waals surface area contributed by atoms with E-state index >= 15 is 19.2 Å². The van der Waals surface area contributed by atoms with E-state index in [1.54, 1.807) is 24.3 Å². The van der Waals surface area contributed by atoms with Gasteiger partial charge >= 0.3 is 12.1 Å². The van der Waals surface area contributed by atoms with Crippen LogP contribution in [0.2, 0.25) is 0 Å². The Kier molecular flexibility index (Phi) is 27.8. The van der Waals surface area contributed by atoms with Crippen LogP contribution in [0, 0.1) is 0 Å². The maximum atomic E-state index is 16.7. The van der Waals surface area contributed by atoms with E-state index in [0.717, 1.165) is 87.6 Å². The van der Waals surface area contributed by atoms with Gasteiger partial charge in [0.1, 0.15) is 135 Å². The molecule has 3 aliphatic carbocycles. The zero-order chi connectivity index (χ0) is 94.6. The molecule has 25 heteroatoms. The minimum absolute atomic E-state index is 0.0505. The predicted octanol–water partition coefficient (Wildman–Crippen LogP) is 17.2. The average Bonchev–Trinajstić information content (AvgIpc) is 1.53. The normalized spacial score (nSPS) is 16.2. The molecular formula is C113H107N5O20. The molecule has 138 heavy (non-hydrogen) atoms. The topological polar surface area (TPSA) is 292 Å². The van der Waals surface area contributed by atoms with Gasteiger partial charge in [-0.1, -0.05) is 218 Å². The van der Waals surface area contributed by atoms with Gasteiger partial charge in [0.15, 0.2) is 0 Å². The van der Waals surface area contributed by atoms with Crippen molar-refractivity contribution in [2.24, 2.45) is 0 Å². The summed E-state index contributed by atoms with van der Waals surface area (Å²) < 4.78 is 90.4. The van der Waals surface area contributed by atoms with E-state index in [9.17, 15) is 9.59 Å². The lowest BCUT2D eigenvalue weighted by Gasteiger charge is -2.37. The van der Waals surface area contributed by atoms with Gasteiger partial charge in [-0.25, -0.2) is 9.59 Å². The van der Waals surface area contributed by atoms with Gasteiger partial charge in [0.25, 0.3) is 0 Å². The van der Waals surface area contributed by atoms with Gasteiger partial charge < -0.3 is 92.9 Å². The Hall–Kier alpha value is -15.0. The number of rotatable bonds is 12. The summed E-state index contributed by atoms with van der Waals surface area (Å²) in [6.07, 6.45) is -1.81. The number of ether oxygens (including phenoxy) is 14. The van der Waals surface area contributed by atoms with Crippen molar-refractivity contribution in [2.45, 2.75) is 81.6 Å². The van der Waals surface area contributed by atoms with Gasteiger partial charge in [-0.2, -0.15) is 0 Å². The van der Waals surface area contributed by atoms with Gasteiger partial charge in [-0.05, 0) is 157 Å². The number of hydrogen-bond donors (Lipinski definition) is 5. The molecule has 19 rings (SSSR count). The number of amides is 5. The third-order valence-electron chi connectivity index (χ3n) is 26.2. The second-order valence-corrected chi connectivity index (χ2v) is 35.0. The summed E-state index contributed by atoms with van der Waals surface area (Å²) in [5, 5.41) is 23.1. The molecule has 0 bridgehead atoms. The van der Waals surface area contributed by atoms with E-state index in [1.165, 1.54) is 27.9 Å². The Labute approximate surface area is 798 Å². The second-order valence-electron chi connectivity index (χ2n) is 35.0. The zero-order valence-corrected chi connectivity index (χ0v) is 77.2. The highest BCUT2D eigenvalue weighted by atomic mass is 16.6. The molecule has 0 saturated heterocycles. The number of alkyl carbamates (subject to hydrolysis) is 1. The summed E-state index contributed by atoms with van der Waals surface area (Å²) in [7, 11) is 1.21. The quantitative estimate of drug-likeness (QED) is 0.0710. The average molecular weight is 1860 g/mol. The number of nitrogens with one attached hydrogen (secondary N) is 5. The molecule has 2 heterocycles. The largest absolute Gasteiger partial charge is 0.491 e. The maximum absolute atomic E-state index is 16.7. The van der Waals surface area contributed by atoms with Crippen molar-refractivity contribution in [3.8, 4) is 102 Å². The van der Waals surface area contributed by atoms with E-state index in [0.29, 0.717) is 90.5 Å². The number of carbonyl (C=O) groups is 6. The molecule has 0 aromatic heterocycles. The summed E-state index contributed by atoms with van der Waals surface area (Å²) in [5.41, 5.74) is 7.85. The fraction of sp³-hybridized carbons (Fsp3) is 0.274. The maximum Gasteiger partial charge on any atom is 0.407 e. The molecule has 704 valence electrons. The Balaban J connectivity index is 0.628. The molecule has 5 aliphatic rings. The predicted molar refractivity (Wildman–Crippen MR) is 526 cm³/mol. The molecule has 3 unspecified atom stereocenters. The van der Waals surface area contributed by atoms with E-state index in [-0.39, 0.29) is 144 Å². The Bertz CT molecular complexity index is 6590. The van der Waals surface area contributed by atoms with Crippen LogP contribution < -0.4 is 64.5 Å². The summed E-state index contributed by atoms with van der Waals surface area (Å²) in [6, 6.07) is 82.5. The Morgan fingerprint density at radius 3 is 0.870 bits per heavy atom. The van der Waals surface area contributed by atoms with Gasteiger partial charge in [-0.3, -0.25) is 19.2 Å². The molecule has 0 spiro atoms. The molecule has 14 aromatic rings. The lowest BCUT2D eigenvalue weighted by Crippen LogP contribution is -2.68. The van der Waals surface area contributed by atoms with Crippen LogP contribution in [0.3, 0.4) is 0 Å². The molecule has 14 aromatic carbocycles. The number of benzene rings is 14. The molecule has 0 radical (unpaired) electrons. The van der Waals surface area contributed by atoms with E-state index in [2.05, 4.69) is 75.1 Å². The monoisotopic (exact) mass is 1850 g/mol. The van der Waals surface area contributed by atoms with Gasteiger partial charge in [-0.15, -0.1) is 0 Å². The van der Waals surface area contributed by atoms with E-state index in [1.807, 2.05) is 194 Å². The van der Waals surface area contributed by atoms with E-state index < -0.39 is 64.9 Å². The van der Waals surface area contributed by atoms with Gasteiger partial charge in [0.05, 0.1) is 60.0 Å². The lowest BCUT2D eigenvalue weighted by atomic mass is 9.84. The minimum Gasteiger partial charge on any atom is -0.491 e. The number of fused-ring (bicyclic) bond motifs is 17. The number of carbonyl (C=O) groups excluding carboxylic acids is 6. The van der Waals surface area contributed by atoms with Crippen molar-refractivity contribution in [1.82, 2.24) is 26.6 Å². The first-order chi connectivity index (χ1) is 67.6. The molecule has 25 nitrogen and oxygen atoms in total. The first-order valence-corrected chi connectivity index (χ1v) is 46.9. The van der Waals surface area contributed by atoms with Crippen LogP contribution in [-0.2, 0) is 78.1 Å². The van der Waals surface area contributed by atoms with Crippen molar-refractivity contribution in [1.29, 1.82) is 0 Å². The molecule has 5 amide bonds. The van der Waals surface area contributed by atoms with Crippen LogP contribution >= 0.6 is 0 Å². The zero-order valence-electron chi connectivity index (χ0n) is 77.2. The van der Waals surface area contributed by atoms with Crippen LogP contribution in [-0.4, -0.2) is 184 Å². The van der Waals surface area contributed by atoms with Crippen LogP contribution in [0.4, 0.5) is 4.79 Å². The molecule has 2 aliphatic heterocycles. The fourth-order valence-corrected chi connectivity index (χ4v) is 19.7. The van der Waals surface area contributed by atoms with Crippen LogP contribution in [0.15, 0.2) is 267 Å². The highest BCUT2D eigenvalue weighted by Gasteiger charge is 2.49. The third kappa shape index (κ3) is 19.4. The summed E-state index contributed by atoms with van der Waals surface area (Å²) >= 11 is 0. The highest BCUT2D eigenvalue weighted by Crippen LogP contribution is 2.53. The minimum atomic E-state index is -2.04. The Morgan fingerprint density at radius 1 is 0.297 bits per heavy atom. The molecule has 3 atom stereocenters. The summed E-state index contributed by atoms with van der Waals surface area (Å²) in [4.78, 5) is 92.3. The lowest BCUT2D eigenvalue weighted by molar-refractivity contribution is -0.146. The van der Waals surface area contributed by atoms with Crippen molar-refractivity contribution < 1.29 is 95.1 Å². The number of methoxy groups -OCH3 is 1. The second kappa shape index (κ2) is 41.7. The van der Waals surface area contributed by atoms with Crippen LogP contribution in [0.25, 0.3) is 98.7 Å². The summed E-state index contributed by atoms with van der Waals surface area (Å²) in [5.74, 6) is -0.0572. The van der Waals surface area contributed by atoms with Crippen molar-refractivity contribution in [3.05, 3.63) is 300 Å². The van der Waals surface area contributed by atoms with Crippen LogP contribution in [0.5, 0.6) is 46.0 Å². The molecule has 5 N–H and O–H groups in total. The first-order valence-electron chi connectivity index (χ1n) is 46.9. The van der Waals surface area contributed by atoms with Crippen molar-refractivity contribution in [2.75, 3.05) is 119 Å². The van der Waals surface area contributed by atoms with Crippen molar-refractivity contribution in [3.63, 3.8) is 0 Å². The number of esters is 1.